The second-order valence-corrected chi connectivity index (χ2v) is 6.09. The highest BCUT2D eigenvalue weighted by molar-refractivity contribution is 6.31. The lowest BCUT2D eigenvalue weighted by Crippen LogP contribution is -2.45. The molecule has 0 bridgehead atoms. The Balaban J connectivity index is 2.64. The zero-order valence-electron chi connectivity index (χ0n) is 13.2. The molecule has 0 radical (unpaired) electrons. The summed E-state index contributed by atoms with van der Waals surface area (Å²) >= 11 is 6.35. The van der Waals surface area contributed by atoms with Gasteiger partial charge in [0.15, 0.2) is 0 Å². The van der Waals surface area contributed by atoms with Crippen molar-refractivity contribution < 1.29 is 5.11 Å². The predicted octanol–water partition coefficient (Wildman–Crippen LogP) is 1.52. The highest BCUT2D eigenvalue weighted by Gasteiger charge is 2.21. The van der Waals surface area contributed by atoms with Crippen molar-refractivity contribution in [3.63, 3.8) is 0 Å². The van der Waals surface area contributed by atoms with E-state index in [0.29, 0.717) is 19.6 Å². The van der Waals surface area contributed by atoms with Crippen LogP contribution in [0.4, 0.5) is 0 Å². The third-order valence-corrected chi connectivity index (χ3v) is 3.59. The molecule has 0 aliphatic heterocycles. The SMILES string of the molecule is CCc1nn(CC)c(CNCC(C)(O)CN(C)C)c1Cl. The van der Waals surface area contributed by atoms with Crippen molar-refractivity contribution in [3.05, 3.63) is 16.4 Å². The minimum absolute atomic E-state index is 0.512. The molecular weight excluding hydrogens is 276 g/mol. The van der Waals surface area contributed by atoms with Gasteiger partial charge >= 0.3 is 0 Å². The van der Waals surface area contributed by atoms with Gasteiger partial charge in [-0.1, -0.05) is 18.5 Å². The Morgan fingerprint density at radius 3 is 2.55 bits per heavy atom. The van der Waals surface area contributed by atoms with Crippen LogP contribution in [-0.4, -0.2) is 52.6 Å². The molecule has 1 atom stereocenters. The molecule has 0 aliphatic rings. The van der Waals surface area contributed by atoms with Gasteiger partial charge in [-0.2, -0.15) is 5.10 Å². The first kappa shape index (κ1) is 17.4. The Kier molecular flexibility index (Phi) is 6.45. The lowest BCUT2D eigenvalue weighted by Gasteiger charge is -2.27. The second-order valence-electron chi connectivity index (χ2n) is 5.71. The molecule has 1 aromatic rings. The number of likely N-dealkylation sites (N-methyl/N-ethyl adjacent to an activating group) is 1. The van der Waals surface area contributed by atoms with E-state index in [9.17, 15) is 5.11 Å². The van der Waals surface area contributed by atoms with Gasteiger partial charge in [0.25, 0.3) is 0 Å². The topological polar surface area (TPSA) is 53.3 Å². The van der Waals surface area contributed by atoms with Crippen LogP contribution in [0.15, 0.2) is 0 Å². The van der Waals surface area contributed by atoms with Crippen LogP contribution in [0.3, 0.4) is 0 Å². The molecule has 0 spiro atoms. The first-order chi connectivity index (χ1) is 9.30. The van der Waals surface area contributed by atoms with Gasteiger partial charge in [0.1, 0.15) is 0 Å². The lowest BCUT2D eigenvalue weighted by molar-refractivity contribution is 0.0334. The molecular formula is C14H27ClN4O. The number of hydrogen-bond donors (Lipinski definition) is 2. The largest absolute Gasteiger partial charge is 0.388 e. The van der Waals surface area contributed by atoms with Crippen LogP contribution in [0.1, 0.15) is 32.2 Å². The van der Waals surface area contributed by atoms with E-state index in [1.165, 1.54) is 0 Å². The number of aliphatic hydroxyl groups is 1. The van der Waals surface area contributed by atoms with Gasteiger partial charge in [-0.3, -0.25) is 4.68 Å². The molecule has 1 rings (SSSR count). The molecule has 1 heterocycles. The highest BCUT2D eigenvalue weighted by atomic mass is 35.5. The summed E-state index contributed by atoms with van der Waals surface area (Å²) in [7, 11) is 3.90. The number of hydrogen-bond acceptors (Lipinski definition) is 4. The van der Waals surface area contributed by atoms with Crippen molar-refractivity contribution in [3.8, 4) is 0 Å². The molecule has 0 amide bonds. The van der Waals surface area contributed by atoms with Gasteiger partial charge < -0.3 is 15.3 Å². The van der Waals surface area contributed by atoms with Crippen LogP contribution in [0.5, 0.6) is 0 Å². The number of nitrogens with one attached hydrogen (secondary N) is 1. The predicted molar refractivity (Wildman–Crippen MR) is 83.2 cm³/mol. The van der Waals surface area contributed by atoms with E-state index < -0.39 is 5.60 Å². The Hall–Kier alpha value is -0.620. The third-order valence-electron chi connectivity index (χ3n) is 3.15. The summed E-state index contributed by atoms with van der Waals surface area (Å²) in [6, 6.07) is 0. The summed E-state index contributed by atoms with van der Waals surface area (Å²) in [5.41, 5.74) is 1.16. The van der Waals surface area contributed by atoms with E-state index in [1.807, 2.05) is 37.5 Å². The average molecular weight is 303 g/mol. The Morgan fingerprint density at radius 2 is 2.05 bits per heavy atom. The molecule has 2 N–H and O–H groups in total. The van der Waals surface area contributed by atoms with Crippen molar-refractivity contribution in [2.45, 2.75) is 45.9 Å². The summed E-state index contributed by atoms with van der Waals surface area (Å²) in [5, 5.41) is 18.8. The summed E-state index contributed by atoms with van der Waals surface area (Å²) in [6.45, 7) is 8.46. The highest BCUT2D eigenvalue weighted by Crippen LogP contribution is 2.21. The van der Waals surface area contributed by atoms with Gasteiger partial charge in [0.05, 0.1) is 22.0 Å². The minimum atomic E-state index is -0.763. The van der Waals surface area contributed by atoms with Crippen molar-refractivity contribution in [1.82, 2.24) is 20.0 Å². The van der Waals surface area contributed by atoms with E-state index in [0.717, 1.165) is 29.4 Å². The maximum absolute atomic E-state index is 10.3. The van der Waals surface area contributed by atoms with E-state index in [2.05, 4.69) is 17.3 Å². The monoisotopic (exact) mass is 302 g/mol. The molecule has 5 nitrogen and oxygen atoms in total. The Bertz CT molecular complexity index is 429. The average Bonchev–Trinajstić information content (AvgIpc) is 2.64. The van der Waals surface area contributed by atoms with Crippen LogP contribution < -0.4 is 5.32 Å². The molecule has 0 aromatic carbocycles. The maximum Gasteiger partial charge on any atom is 0.0869 e. The summed E-state index contributed by atoms with van der Waals surface area (Å²) < 4.78 is 1.93. The van der Waals surface area contributed by atoms with Crippen molar-refractivity contribution in [2.24, 2.45) is 0 Å². The molecule has 0 aliphatic carbocycles. The first-order valence-electron chi connectivity index (χ1n) is 7.12. The van der Waals surface area contributed by atoms with E-state index in [1.54, 1.807) is 0 Å². The van der Waals surface area contributed by atoms with Crippen molar-refractivity contribution in [2.75, 3.05) is 27.2 Å². The summed E-state index contributed by atoms with van der Waals surface area (Å²) in [5.74, 6) is 0. The van der Waals surface area contributed by atoms with Crippen molar-refractivity contribution >= 4 is 11.6 Å². The fourth-order valence-electron chi connectivity index (χ4n) is 2.37. The molecule has 0 saturated heterocycles. The van der Waals surface area contributed by atoms with E-state index in [4.69, 9.17) is 11.6 Å². The molecule has 1 unspecified atom stereocenters. The molecule has 116 valence electrons. The van der Waals surface area contributed by atoms with Gasteiger partial charge in [0, 0.05) is 26.2 Å². The van der Waals surface area contributed by atoms with E-state index in [-0.39, 0.29) is 0 Å². The summed E-state index contributed by atoms with van der Waals surface area (Å²) in [4.78, 5) is 1.97. The zero-order valence-corrected chi connectivity index (χ0v) is 14.0. The number of nitrogens with zero attached hydrogens (tertiary/aromatic N) is 3. The normalized spacial score (nSPS) is 14.8. The summed E-state index contributed by atoms with van der Waals surface area (Å²) in [6.07, 6.45) is 0.831. The second kappa shape index (κ2) is 7.41. The van der Waals surface area contributed by atoms with Gasteiger partial charge in [-0.15, -0.1) is 0 Å². The van der Waals surface area contributed by atoms with Crippen LogP contribution in [-0.2, 0) is 19.5 Å². The Labute approximate surface area is 126 Å². The molecule has 0 fully saturated rings. The lowest BCUT2D eigenvalue weighted by atomic mass is 10.1. The standard InChI is InChI=1S/C14H27ClN4O/c1-6-11-13(15)12(19(7-2)17-11)8-16-9-14(3,20)10-18(4)5/h16,20H,6-10H2,1-5H3. The Morgan fingerprint density at radius 1 is 1.40 bits per heavy atom. The molecule has 6 heteroatoms. The van der Waals surface area contributed by atoms with Crippen molar-refractivity contribution in [1.29, 1.82) is 0 Å². The quantitative estimate of drug-likeness (QED) is 0.764. The van der Waals surface area contributed by atoms with Gasteiger partial charge in [-0.05, 0) is 34.4 Å². The van der Waals surface area contributed by atoms with E-state index >= 15 is 0 Å². The number of aryl methyl sites for hydroxylation is 2. The van der Waals surface area contributed by atoms with Gasteiger partial charge in [-0.25, -0.2) is 0 Å². The fraction of sp³-hybridized carbons (Fsp3) is 0.786. The molecule has 0 saturated carbocycles. The van der Waals surface area contributed by atoms with Crippen LogP contribution >= 0.6 is 11.6 Å². The zero-order chi connectivity index (χ0) is 15.3. The molecule has 20 heavy (non-hydrogen) atoms. The number of aromatic nitrogens is 2. The first-order valence-corrected chi connectivity index (χ1v) is 7.50. The third kappa shape index (κ3) is 4.74. The smallest absolute Gasteiger partial charge is 0.0869 e. The van der Waals surface area contributed by atoms with Crippen LogP contribution in [0.2, 0.25) is 5.02 Å². The van der Waals surface area contributed by atoms with Crippen LogP contribution in [0, 0.1) is 0 Å². The number of halogens is 1. The minimum Gasteiger partial charge on any atom is -0.388 e. The fourth-order valence-corrected chi connectivity index (χ4v) is 2.71. The maximum atomic E-state index is 10.3. The van der Waals surface area contributed by atoms with Gasteiger partial charge in [0.2, 0.25) is 0 Å². The number of rotatable bonds is 8. The molecule has 1 aromatic heterocycles. The van der Waals surface area contributed by atoms with Crippen LogP contribution in [0.25, 0.3) is 0 Å².